The van der Waals surface area contributed by atoms with E-state index in [1.165, 1.54) is 0 Å². The lowest BCUT2D eigenvalue weighted by atomic mass is 9.93. The summed E-state index contributed by atoms with van der Waals surface area (Å²) in [6.07, 6.45) is 10.6. The first kappa shape index (κ1) is 17.3. The molecule has 2 heterocycles. The molecule has 4 rings (SSSR count). The number of hydrogen-bond acceptors (Lipinski definition) is 8. The van der Waals surface area contributed by atoms with Gasteiger partial charge in [-0.05, 0) is 31.7 Å². The minimum Gasteiger partial charge on any atom is -0.488 e. The van der Waals surface area contributed by atoms with E-state index in [4.69, 9.17) is 15.2 Å². The number of nitrogen functional groups attached to an aromatic ring is 1. The summed E-state index contributed by atoms with van der Waals surface area (Å²) >= 11 is 0. The summed E-state index contributed by atoms with van der Waals surface area (Å²) < 4.78 is 11.3. The van der Waals surface area contributed by atoms with E-state index in [1.54, 1.807) is 31.9 Å². The van der Waals surface area contributed by atoms with Crippen molar-refractivity contribution in [3.05, 3.63) is 36.9 Å². The molecule has 0 atom stereocenters. The van der Waals surface area contributed by atoms with E-state index in [1.807, 2.05) is 12.1 Å². The first-order valence-electron chi connectivity index (χ1n) is 9.01. The van der Waals surface area contributed by atoms with Gasteiger partial charge in [-0.2, -0.15) is 0 Å². The first-order chi connectivity index (χ1) is 13.2. The van der Waals surface area contributed by atoms with Gasteiger partial charge >= 0.3 is 0 Å². The molecule has 0 saturated heterocycles. The van der Waals surface area contributed by atoms with Gasteiger partial charge in [-0.25, -0.2) is 15.0 Å². The zero-order chi connectivity index (χ0) is 18.6. The highest BCUT2D eigenvalue weighted by atomic mass is 16.5. The maximum Gasteiger partial charge on any atom is 0.232 e. The summed E-state index contributed by atoms with van der Waals surface area (Å²) in [6, 6.07) is 3.99. The Morgan fingerprint density at radius 1 is 1.00 bits per heavy atom. The third kappa shape index (κ3) is 3.99. The fourth-order valence-electron chi connectivity index (χ4n) is 3.36. The van der Waals surface area contributed by atoms with Gasteiger partial charge in [0.2, 0.25) is 5.88 Å². The van der Waals surface area contributed by atoms with Crippen LogP contribution in [0.3, 0.4) is 0 Å². The van der Waals surface area contributed by atoms with Crippen LogP contribution in [-0.4, -0.2) is 39.2 Å². The summed E-state index contributed by atoms with van der Waals surface area (Å²) in [7, 11) is 1.58. The van der Waals surface area contributed by atoms with Crippen molar-refractivity contribution in [2.45, 2.75) is 37.8 Å². The number of benzene rings is 1. The number of nitrogens with one attached hydrogen (secondary N) is 1. The topological polar surface area (TPSA) is 108 Å². The molecule has 0 amide bonds. The SMILES string of the molecule is COc1cnc(NC2CCC(Oc3cc(N)cc4nccnc34)CC2)cn1. The van der Waals surface area contributed by atoms with E-state index >= 15 is 0 Å². The lowest BCUT2D eigenvalue weighted by Gasteiger charge is -2.30. The molecular weight excluding hydrogens is 344 g/mol. The largest absolute Gasteiger partial charge is 0.488 e. The normalized spacial score (nSPS) is 19.6. The number of hydrogen-bond donors (Lipinski definition) is 2. The van der Waals surface area contributed by atoms with Crippen LogP contribution in [0.1, 0.15) is 25.7 Å². The average Bonchev–Trinajstić information content (AvgIpc) is 2.70. The summed E-state index contributed by atoms with van der Waals surface area (Å²) in [5, 5.41) is 3.43. The van der Waals surface area contributed by atoms with Crippen molar-refractivity contribution in [3.8, 4) is 11.6 Å². The number of aromatic nitrogens is 4. The molecule has 2 aromatic heterocycles. The predicted molar refractivity (Wildman–Crippen MR) is 103 cm³/mol. The lowest BCUT2D eigenvalue weighted by molar-refractivity contribution is 0.152. The van der Waals surface area contributed by atoms with Gasteiger partial charge in [-0.3, -0.25) is 4.98 Å². The molecular formula is C19H22N6O2. The predicted octanol–water partition coefficient (Wildman–Crippen LogP) is 2.81. The third-order valence-electron chi connectivity index (χ3n) is 4.72. The van der Waals surface area contributed by atoms with Crippen molar-refractivity contribution < 1.29 is 9.47 Å². The molecule has 1 aliphatic rings. The second-order valence-corrected chi connectivity index (χ2v) is 6.62. The standard InChI is InChI=1S/C19H22N6O2/c1-26-18-11-23-17(10-24-18)25-13-2-4-14(5-3-13)27-16-9-12(20)8-15-19(16)22-7-6-21-15/h6-11,13-14H,2-5,20H2,1H3,(H,23,25). The van der Waals surface area contributed by atoms with E-state index in [0.717, 1.165) is 42.5 Å². The van der Waals surface area contributed by atoms with E-state index in [-0.39, 0.29) is 6.10 Å². The highest BCUT2D eigenvalue weighted by Gasteiger charge is 2.23. The Kier molecular flexibility index (Phi) is 4.86. The van der Waals surface area contributed by atoms with Gasteiger partial charge in [0.05, 0.1) is 31.1 Å². The summed E-state index contributed by atoms with van der Waals surface area (Å²) in [4.78, 5) is 17.2. The zero-order valence-corrected chi connectivity index (χ0v) is 15.1. The van der Waals surface area contributed by atoms with Crippen molar-refractivity contribution in [1.29, 1.82) is 0 Å². The van der Waals surface area contributed by atoms with Gasteiger partial charge in [0.15, 0.2) is 0 Å². The van der Waals surface area contributed by atoms with Gasteiger partial charge in [-0.15, -0.1) is 0 Å². The molecule has 0 unspecified atom stereocenters. The van der Waals surface area contributed by atoms with E-state index in [9.17, 15) is 0 Å². The number of nitrogens with two attached hydrogens (primary N) is 1. The first-order valence-corrected chi connectivity index (χ1v) is 9.01. The Bertz CT molecular complexity index is 910. The van der Waals surface area contributed by atoms with Crippen molar-refractivity contribution in [2.75, 3.05) is 18.2 Å². The minimum absolute atomic E-state index is 0.136. The van der Waals surface area contributed by atoms with Crippen LogP contribution in [0.15, 0.2) is 36.9 Å². The second-order valence-electron chi connectivity index (χ2n) is 6.62. The Morgan fingerprint density at radius 2 is 1.81 bits per heavy atom. The molecule has 8 heteroatoms. The molecule has 0 radical (unpaired) electrons. The fraction of sp³-hybridized carbons (Fsp3) is 0.368. The van der Waals surface area contributed by atoms with Gasteiger partial charge in [-0.1, -0.05) is 0 Å². The zero-order valence-electron chi connectivity index (χ0n) is 15.1. The van der Waals surface area contributed by atoms with Gasteiger partial charge in [0.1, 0.15) is 17.1 Å². The van der Waals surface area contributed by atoms with Crippen molar-refractivity contribution in [3.63, 3.8) is 0 Å². The lowest BCUT2D eigenvalue weighted by Crippen LogP contribution is -2.31. The fourth-order valence-corrected chi connectivity index (χ4v) is 3.36. The number of rotatable bonds is 5. The van der Waals surface area contributed by atoms with Crippen molar-refractivity contribution in [1.82, 2.24) is 19.9 Å². The molecule has 0 spiro atoms. The number of fused-ring (bicyclic) bond motifs is 1. The van der Waals surface area contributed by atoms with Crippen LogP contribution in [0, 0.1) is 0 Å². The number of methoxy groups -OCH3 is 1. The van der Waals surface area contributed by atoms with Crippen LogP contribution in [0.25, 0.3) is 11.0 Å². The highest BCUT2D eigenvalue weighted by Crippen LogP contribution is 2.30. The molecule has 1 aromatic carbocycles. The number of ether oxygens (including phenoxy) is 2. The highest BCUT2D eigenvalue weighted by molar-refractivity contribution is 5.84. The number of anilines is 2. The third-order valence-corrected chi connectivity index (χ3v) is 4.72. The quantitative estimate of drug-likeness (QED) is 0.664. The number of nitrogens with zero attached hydrogens (tertiary/aromatic N) is 4. The summed E-state index contributed by atoms with van der Waals surface area (Å²) in [5.41, 5.74) is 8.11. The van der Waals surface area contributed by atoms with Crippen LogP contribution >= 0.6 is 0 Å². The van der Waals surface area contributed by atoms with Crippen LogP contribution in [0.2, 0.25) is 0 Å². The molecule has 1 aliphatic carbocycles. The van der Waals surface area contributed by atoms with Crippen LogP contribution < -0.4 is 20.5 Å². The van der Waals surface area contributed by atoms with Crippen LogP contribution in [-0.2, 0) is 0 Å². The monoisotopic (exact) mass is 366 g/mol. The maximum atomic E-state index is 6.22. The molecule has 1 fully saturated rings. The van der Waals surface area contributed by atoms with Crippen molar-refractivity contribution in [2.24, 2.45) is 0 Å². The minimum atomic E-state index is 0.136. The van der Waals surface area contributed by atoms with Gasteiger partial charge in [0.25, 0.3) is 0 Å². The molecule has 3 aromatic rings. The Morgan fingerprint density at radius 3 is 2.56 bits per heavy atom. The average molecular weight is 366 g/mol. The summed E-state index contributed by atoms with van der Waals surface area (Å²) in [6.45, 7) is 0. The molecule has 27 heavy (non-hydrogen) atoms. The smallest absolute Gasteiger partial charge is 0.232 e. The molecule has 0 aliphatic heterocycles. The molecule has 140 valence electrons. The molecule has 0 bridgehead atoms. The molecule has 8 nitrogen and oxygen atoms in total. The second kappa shape index (κ2) is 7.61. The van der Waals surface area contributed by atoms with Crippen LogP contribution in [0.5, 0.6) is 11.6 Å². The van der Waals surface area contributed by atoms with Gasteiger partial charge in [0, 0.05) is 30.2 Å². The summed E-state index contributed by atoms with van der Waals surface area (Å²) in [5.74, 6) is 1.97. The van der Waals surface area contributed by atoms with E-state index in [2.05, 4.69) is 25.3 Å². The van der Waals surface area contributed by atoms with E-state index in [0.29, 0.717) is 23.4 Å². The molecule has 3 N–H and O–H groups in total. The Labute approximate surface area is 157 Å². The molecule has 1 saturated carbocycles. The maximum absolute atomic E-state index is 6.22. The Hall–Kier alpha value is -3.16. The van der Waals surface area contributed by atoms with Gasteiger partial charge < -0.3 is 20.5 Å². The Balaban J connectivity index is 1.37. The van der Waals surface area contributed by atoms with Crippen LogP contribution in [0.4, 0.5) is 11.5 Å². The van der Waals surface area contributed by atoms with E-state index < -0.39 is 0 Å². The van der Waals surface area contributed by atoms with Crippen molar-refractivity contribution >= 4 is 22.5 Å².